The number of hydrogen-bond acceptors (Lipinski definition) is 5. The Hall–Kier alpha value is -3.12. The number of rotatable bonds is 9. The van der Waals surface area contributed by atoms with Crippen LogP contribution in [0.5, 0.6) is 17.2 Å². The summed E-state index contributed by atoms with van der Waals surface area (Å²) < 4.78 is 16.0. The van der Waals surface area contributed by atoms with Crippen molar-refractivity contribution in [3.63, 3.8) is 0 Å². The van der Waals surface area contributed by atoms with Gasteiger partial charge in [-0.15, -0.1) is 11.8 Å². The summed E-state index contributed by atoms with van der Waals surface area (Å²) in [6.45, 7) is 0.348. The molecule has 0 aliphatic carbocycles. The van der Waals surface area contributed by atoms with E-state index in [0.717, 1.165) is 11.3 Å². The van der Waals surface area contributed by atoms with E-state index in [2.05, 4.69) is 17.4 Å². The van der Waals surface area contributed by atoms with Crippen LogP contribution in [0.15, 0.2) is 71.6 Å². The van der Waals surface area contributed by atoms with Crippen molar-refractivity contribution in [3.05, 3.63) is 83.4 Å². The largest absolute Gasteiger partial charge is 0.493 e. The number of thioether (sulfide) groups is 1. The highest BCUT2D eigenvalue weighted by atomic mass is 32.2. The fourth-order valence-electron chi connectivity index (χ4n) is 2.96. The molecule has 0 aliphatic rings. The molecule has 0 atom stereocenters. The van der Waals surface area contributed by atoms with Gasteiger partial charge < -0.3 is 19.5 Å². The predicted molar refractivity (Wildman–Crippen MR) is 120 cm³/mol. The lowest BCUT2D eigenvalue weighted by atomic mass is 10.1. The van der Waals surface area contributed by atoms with Gasteiger partial charge in [-0.3, -0.25) is 4.79 Å². The third-order valence-electron chi connectivity index (χ3n) is 4.54. The van der Waals surface area contributed by atoms with Gasteiger partial charge in [0.2, 0.25) is 5.75 Å². The zero-order valence-electron chi connectivity index (χ0n) is 17.3. The maximum absolute atomic E-state index is 12.5. The van der Waals surface area contributed by atoms with Gasteiger partial charge in [0.15, 0.2) is 11.5 Å². The highest BCUT2D eigenvalue weighted by Gasteiger charge is 2.14. The van der Waals surface area contributed by atoms with Crippen LogP contribution >= 0.6 is 11.8 Å². The Morgan fingerprint density at radius 2 is 1.47 bits per heavy atom. The highest BCUT2D eigenvalue weighted by molar-refractivity contribution is 7.98. The van der Waals surface area contributed by atoms with Gasteiger partial charge in [-0.05, 0) is 47.5 Å². The molecular weight excluding hydrogens is 398 g/mol. The third kappa shape index (κ3) is 5.48. The van der Waals surface area contributed by atoms with Gasteiger partial charge in [0, 0.05) is 22.8 Å². The normalized spacial score (nSPS) is 10.4. The molecule has 1 N–H and O–H groups in total. The molecule has 3 aromatic rings. The second kappa shape index (κ2) is 10.6. The maximum Gasteiger partial charge on any atom is 0.251 e. The molecule has 0 aliphatic heterocycles. The van der Waals surface area contributed by atoms with E-state index in [1.54, 1.807) is 33.1 Å². The maximum atomic E-state index is 12.5. The molecule has 0 spiro atoms. The van der Waals surface area contributed by atoms with E-state index in [1.165, 1.54) is 10.5 Å². The zero-order chi connectivity index (χ0) is 21.3. The standard InChI is InChI=1S/C24H25NO4S/c1-27-21-13-18(14-22(28-2)23(21)29-3)15-25-24(26)19-11-9-17(10-12-19)16-30-20-7-5-4-6-8-20/h4-14H,15-16H2,1-3H3,(H,25,26). The zero-order valence-corrected chi connectivity index (χ0v) is 18.1. The first kappa shape index (κ1) is 21.6. The van der Waals surface area contributed by atoms with Crippen LogP contribution in [0.2, 0.25) is 0 Å². The average Bonchev–Trinajstić information content (AvgIpc) is 2.81. The van der Waals surface area contributed by atoms with Crippen LogP contribution in [0.3, 0.4) is 0 Å². The number of hydrogen-bond donors (Lipinski definition) is 1. The van der Waals surface area contributed by atoms with E-state index in [-0.39, 0.29) is 5.91 Å². The van der Waals surface area contributed by atoms with Crippen LogP contribution in [0.4, 0.5) is 0 Å². The van der Waals surface area contributed by atoms with Crippen molar-refractivity contribution in [2.24, 2.45) is 0 Å². The summed E-state index contributed by atoms with van der Waals surface area (Å²) in [5.41, 5.74) is 2.65. The number of carbonyl (C=O) groups is 1. The predicted octanol–water partition coefficient (Wildman–Crippen LogP) is 4.93. The number of benzene rings is 3. The third-order valence-corrected chi connectivity index (χ3v) is 5.63. The molecule has 0 bridgehead atoms. The molecule has 0 fully saturated rings. The summed E-state index contributed by atoms with van der Waals surface area (Å²) >= 11 is 1.77. The van der Waals surface area contributed by atoms with E-state index < -0.39 is 0 Å². The topological polar surface area (TPSA) is 56.8 Å². The molecule has 5 nitrogen and oxygen atoms in total. The minimum absolute atomic E-state index is 0.133. The van der Waals surface area contributed by atoms with Crippen molar-refractivity contribution in [1.29, 1.82) is 0 Å². The van der Waals surface area contributed by atoms with E-state index in [9.17, 15) is 4.79 Å². The molecule has 0 radical (unpaired) electrons. The molecule has 3 rings (SSSR count). The van der Waals surface area contributed by atoms with E-state index in [4.69, 9.17) is 14.2 Å². The van der Waals surface area contributed by atoms with Crippen LogP contribution in [0.25, 0.3) is 0 Å². The van der Waals surface area contributed by atoms with Crippen molar-refractivity contribution in [2.75, 3.05) is 21.3 Å². The van der Waals surface area contributed by atoms with Crippen molar-refractivity contribution in [2.45, 2.75) is 17.2 Å². The molecule has 3 aromatic carbocycles. The van der Waals surface area contributed by atoms with E-state index in [0.29, 0.717) is 29.4 Å². The Morgan fingerprint density at radius 1 is 0.833 bits per heavy atom. The minimum atomic E-state index is -0.133. The molecule has 0 saturated carbocycles. The van der Waals surface area contributed by atoms with Gasteiger partial charge in [0.05, 0.1) is 21.3 Å². The first-order valence-corrected chi connectivity index (χ1v) is 10.5. The molecule has 0 heterocycles. The summed E-state index contributed by atoms with van der Waals surface area (Å²) in [6, 6.07) is 21.6. The van der Waals surface area contributed by atoms with Crippen LogP contribution in [-0.4, -0.2) is 27.2 Å². The number of ether oxygens (including phenoxy) is 3. The summed E-state index contributed by atoms with van der Waals surface area (Å²) in [5.74, 6) is 2.37. The highest BCUT2D eigenvalue weighted by Crippen LogP contribution is 2.38. The SMILES string of the molecule is COc1cc(CNC(=O)c2ccc(CSc3ccccc3)cc2)cc(OC)c1OC. The van der Waals surface area contributed by atoms with Crippen LogP contribution < -0.4 is 19.5 Å². The molecule has 0 unspecified atom stereocenters. The summed E-state index contributed by atoms with van der Waals surface area (Å²) in [6.07, 6.45) is 0. The molecular formula is C24H25NO4S. The van der Waals surface area contributed by atoms with Gasteiger partial charge in [0.1, 0.15) is 0 Å². The molecule has 1 amide bonds. The fraction of sp³-hybridized carbons (Fsp3) is 0.208. The molecule has 30 heavy (non-hydrogen) atoms. The summed E-state index contributed by atoms with van der Waals surface area (Å²) in [7, 11) is 4.69. The van der Waals surface area contributed by atoms with Gasteiger partial charge in [0.25, 0.3) is 5.91 Å². The Labute approximate surface area is 181 Å². The van der Waals surface area contributed by atoms with Crippen molar-refractivity contribution in [3.8, 4) is 17.2 Å². The lowest BCUT2D eigenvalue weighted by molar-refractivity contribution is 0.0951. The second-order valence-electron chi connectivity index (χ2n) is 6.51. The van der Waals surface area contributed by atoms with Crippen LogP contribution in [0.1, 0.15) is 21.5 Å². The van der Waals surface area contributed by atoms with Gasteiger partial charge >= 0.3 is 0 Å². The van der Waals surface area contributed by atoms with Gasteiger partial charge in [-0.1, -0.05) is 30.3 Å². The van der Waals surface area contributed by atoms with Crippen molar-refractivity contribution >= 4 is 17.7 Å². The minimum Gasteiger partial charge on any atom is -0.493 e. The molecule has 0 saturated heterocycles. The lowest BCUT2D eigenvalue weighted by Gasteiger charge is -2.14. The van der Waals surface area contributed by atoms with Gasteiger partial charge in [-0.2, -0.15) is 0 Å². The average molecular weight is 424 g/mol. The first-order valence-electron chi connectivity index (χ1n) is 9.48. The van der Waals surface area contributed by atoms with Crippen molar-refractivity contribution < 1.29 is 19.0 Å². The Bertz CT molecular complexity index is 949. The molecule has 0 aromatic heterocycles. The Kier molecular flexibility index (Phi) is 7.63. The molecule has 156 valence electrons. The number of carbonyl (C=O) groups excluding carboxylic acids is 1. The Balaban J connectivity index is 1.59. The lowest BCUT2D eigenvalue weighted by Crippen LogP contribution is -2.22. The van der Waals surface area contributed by atoms with E-state index >= 15 is 0 Å². The van der Waals surface area contributed by atoms with Crippen LogP contribution in [0, 0.1) is 0 Å². The fourth-order valence-corrected chi connectivity index (χ4v) is 3.83. The Morgan fingerprint density at radius 3 is 2.03 bits per heavy atom. The summed E-state index contributed by atoms with van der Waals surface area (Å²) in [5, 5.41) is 2.94. The number of nitrogens with one attached hydrogen (secondary N) is 1. The van der Waals surface area contributed by atoms with Crippen molar-refractivity contribution in [1.82, 2.24) is 5.32 Å². The van der Waals surface area contributed by atoms with Gasteiger partial charge in [-0.25, -0.2) is 0 Å². The molecule has 6 heteroatoms. The van der Waals surface area contributed by atoms with E-state index in [1.807, 2.05) is 54.6 Å². The summed E-state index contributed by atoms with van der Waals surface area (Å²) in [4.78, 5) is 13.8. The monoisotopic (exact) mass is 423 g/mol. The van der Waals surface area contributed by atoms with Crippen LogP contribution in [-0.2, 0) is 12.3 Å². The first-order chi connectivity index (χ1) is 14.6. The quantitative estimate of drug-likeness (QED) is 0.494. The second-order valence-corrected chi connectivity index (χ2v) is 7.56. The number of methoxy groups -OCH3 is 3. The number of amides is 1. The smallest absolute Gasteiger partial charge is 0.251 e.